The predicted octanol–water partition coefficient (Wildman–Crippen LogP) is 1.90. The van der Waals surface area contributed by atoms with Crippen LogP contribution in [0.3, 0.4) is 0 Å². The third kappa shape index (κ3) is 6.44. The molecule has 1 fully saturated rings. The fourth-order valence-corrected chi connectivity index (χ4v) is 4.28. The summed E-state index contributed by atoms with van der Waals surface area (Å²) in [5, 5.41) is 4.22. The van der Waals surface area contributed by atoms with Gasteiger partial charge in [0.05, 0.1) is 25.0 Å². The van der Waals surface area contributed by atoms with Crippen LogP contribution in [0.1, 0.15) is 35.7 Å². The Morgan fingerprint density at radius 1 is 1.07 bits per heavy atom. The zero-order chi connectivity index (χ0) is 20.7. The number of sulfonamides is 1. The lowest BCUT2D eigenvalue weighted by Crippen LogP contribution is -3.13. The molecule has 6 nitrogen and oxygen atoms in total. The second-order valence-electron chi connectivity index (χ2n) is 7.29. The number of carbonyl (C=O) groups is 1. The van der Waals surface area contributed by atoms with Gasteiger partial charge in [-0.2, -0.15) is 0 Å². The Hall–Kier alpha value is -2.64. The van der Waals surface area contributed by atoms with E-state index in [0.717, 1.165) is 43.4 Å². The van der Waals surface area contributed by atoms with Gasteiger partial charge >= 0.3 is 0 Å². The number of piperidine rings is 1. The summed E-state index contributed by atoms with van der Waals surface area (Å²) in [5.41, 5.74) is 1.74. The molecule has 0 aromatic heterocycles. The first-order valence-corrected chi connectivity index (χ1v) is 11.5. The molecule has 3 N–H and O–H groups in total. The van der Waals surface area contributed by atoms with Crippen molar-refractivity contribution in [1.82, 2.24) is 5.32 Å². The maximum absolute atomic E-state index is 12.5. The summed E-state index contributed by atoms with van der Waals surface area (Å²) in [6.07, 6.45) is 3.51. The smallest absolute Gasteiger partial charge is 0.255 e. The fourth-order valence-electron chi connectivity index (χ4n) is 3.41. The van der Waals surface area contributed by atoms with Crippen molar-refractivity contribution in [1.29, 1.82) is 0 Å². The molecular weight excluding hydrogens is 386 g/mol. The van der Waals surface area contributed by atoms with Gasteiger partial charge in [0, 0.05) is 30.1 Å². The molecule has 1 heterocycles. The highest BCUT2D eigenvalue weighted by molar-refractivity contribution is 7.95. The molecule has 7 heteroatoms. The van der Waals surface area contributed by atoms with Gasteiger partial charge in [-0.05, 0) is 42.8 Å². The first-order chi connectivity index (χ1) is 13.9. The van der Waals surface area contributed by atoms with Crippen molar-refractivity contribution in [3.05, 3.63) is 71.1 Å². The molecule has 1 aliphatic heterocycles. The van der Waals surface area contributed by atoms with E-state index in [1.807, 2.05) is 30.3 Å². The van der Waals surface area contributed by atoms with Gasteiger partial charge < -0.3 is 10.2 Å². The topological polar surface area (TPSA) is 79.7 Å². The summed E-state index contributed by atoms with van der Waals surface area (Å²) in [6, 6.07) is 15.9. The molecule has 29 heavy (non-hydrogen) atoms. The number of benzene rings is 2. The summed E-state index contributed by atoms with van der Waals surface area (Å²) in [4.78, 5) is 14.0. The monoisotopic (exact) mass is 414 g/mol. The highest BCUT2D eigenvalue weighted by atomic mass is 32.2. The van der Waals surface area contributed by atoms with Crippen molar-refractivity contribution in [2.24, 2.45) is 0 Å². The molecule has 3 rings (SSSR count). The molecule has 2 aromatic rings. The number of carbonyl (C=O) groups excluding carboxylic acids is 1. The van der Waals surface area contributed by atoms with Gasteiger partial charge in [-0.1, -0.05) is 30.3 Å². The molecular formula is C22H28N3O3S+. The van der Waals surface area contributed by atoms with Crippen LogP contribution < -0.4 is 14.9 Å². The van der Waals surface area contributed by atoms with E-state index < -0.39 is 10.0 Å². The van der Waals surface area contributed by atoms with Gasteiger partial charge in [0.1, 0.15) is 0 Å². The Balaban J connectivity index is 1.55. The van der Waals surface area contributed by atoms with Crippen molar-refractivity contribution in [3.63, 3.8) is 0 Å². The molecule has 0 radical (unpaired) electrons. The third-order valence-corrected chi connectivity index (χ3v) is 6.19. The largest absolute Gasteiger partial charge is 0.349 e. The van der Waals surface area contributed by atoms with Crippen LogP contribution in [0.2, 0.25) is 0 Å². The normalized spacial score (nSPS) is 19.8. The van der Waals surface area contributed by atoms with Gasteiger partial charge in [-0.3, -0.25) is 9.52 Å². The minimum absolute atomic E-state index is 0.117. The highest BCUT2D eigenvalue weighted by Crippen LogP contribution is 2.13. The zero-order valence-electron chi connectivity index (χ0n) is 16.6. The minimum atomic E-state index is -3.63. The predicted molar refractivity (Wildman–Crippen MR) is 116 cm³/mol. The maximum Gasteiger partial charge on any atom is 0.255 e. The van der Waals surface area contributed by atoms with E-state index in [-0.39, 0.29) is 11.9 Å². The van der Waals surface area contributed by atoms with Gasteiger partial charge in [0.25, 0.3) is 15.9 Å². The summed E-state index contributed by atoms with van der Waals surface area (Å²) in [6.45, 7) is 5.47. The Kier molecular flexibility index (Phi) is 7.06. The maximum atomic E-state index is 12.5. The van der Waals surface area contributed by atoms with Crippen LogP contribution in [0.25, 0.3) is 6.08 Å². The Labute approximate surface area is 172 Å². The van der Waals surface area contributed by atoms with Gasteiger partial charge in [-0.25, -0.2) is 8.42 Å². The van der Waals surface area contributed by atoms with Crippen LogP contribution >= 0.6 is 0 Å². The molecule has 0 atom stereocenters. The number of rotatable bonds is 7. The lowest BCUT2D eigenvalue weighted by Gasteiger charge is -2.29. The number of hydrogen-bond donors (Lipinski definition) is 3. The van der Waals surface area contributed by atoms with Gasteiger partial charge in [0.2, 0.25) is 0 Å². The van der Waals surface area contributed by atoms with Crippen LogP contribution in [-0.2, 0) is 10.0 Å². The van der Waals surface area contributed by atoms with E-state index in [2.05, 4.69) is 17.0 Å². The average molecular weight is 415 g/mol. The quantitative estimate of drug-likeness (QED) is 0.647. The number of likely N-dealkylation sites (tertiary alicyclic amines) is 1. The molecule has 2 aromatic carbocycles. The minimum Gasteiger partial charge on any atom is -0.349 e. The highest BCUT2D eigenvalue weighted by Gasteiger charge is 2.22. The first kappa shape index (κ1) is 21.1. The Bertz CT molecular complexity index is 933. The summed E-state index contributed by atoms with van der Waals surface area (Å²) < 4.78 is 27.0. The van der Waals surface area contributed by atoms with Gasteiger partial charge in [-0.15, -0.1) is 0 Å². The molecule has 0 spiro atoms. The Morgan fingerprint density at radius 3 is 2.34 bits per heavy atom. The third-order valence-electron chi connectivity index (χ3n) is 5.17. The van der Waals surface area contributed by atoms with E-state index in [4.69, 9.17) is 0 Å². The zero-order valence-corrected chi connectivity index (χ0v) is 17.4. The number of amides is 1. The van der Waals surface area contributed by atoms with Crippen molar-refractivity contribution >= 4 is 27.7 Å². The lowest BCUT2D eigenvalue weighted by atomic mass is 10.0. The molecule has 0 unspecified atom stereocenters. The molecule has 1 saturated heterocycles. The second-order valence-corrected chi connectivity index (χ2v) is 8.86. The standard InChI is InChI=1S/C22H27N3O3S/c1-2-25-15-12-20(13-16-25)23-22(26)19-8-10-21(11-9-19)24-29(27,28)17-14-18-6-4-3-5-7-18/h3-11,14,17,20,24H,2,12-13,15-16H2,1H3,(H,23,26)/p+1/b17-14+. The number of nitrogens with one attached hydrogen (secondary N) is 3. The molecule has 1 amide bonds. The van der Waals surface area contributed by atoms with Crippen LogP contribution in [0, 0.1) is 0 Å². The summed E-state index contributed by atoms with van der Waals surface area (Å²) in [5.74, 6) is -0.117. The van der Waals surface area contributed by atoms with Crippen LogP contribution in [0.4, 0.5) is 5.69 Å². The molecule has 0 saturated carbocycles. The summed E-state index contributed by atoms with van der Waals surface area (Å²) in [7, 11) is -3.63. The van der Waals surface area contributed by atoms with Crippen LogP contribution in [0.5, 0.6) is 0 Å². The first-order valence-electron chi connectivity index (χ1n) is 9.95. The van der Waals surface area contributed by atoms with Gasteiger partial charge in [0.15, 0.2) is 0 Å². The molecule has 1 aliphatic rings. The molecule has 154 valence electrons. The molecule has 0 aliphatic carbocycles. The average Bonchev–Trinajstić information content (AvgIpc) is 2.74. The van der Waals surface area contributed by atoms with Crippen LogP contribution in [0.15, 0.2) is 60.0 Å². The van der Waals surface area contributed by atoms with E-state index in [9.17, 15) is 13.2 Å². The van der Waals surface area contributed by atoms with E-state index >= 15 is 0 Å². The SMILES string of the molecule is CC[NH+]1CCC(NC(=O)c2ccc(NS(=O)(=O)/C=C/c3ccccc3)cc2)CC1. The number of anilines is 1. The van der Waals surface area contributed by atoms with E-state index in [0.29, 0.717) is 11.3 Å². The summed E-state index contributed by atoms with van der Waals surface area (Å²) >= 11 is 0. The van der Waals surface area contributed by atoms with E-state index in [1.165, 1.54) is 6.08 Å². The number of hydrogen-bond acceptors (Lipinski definition) is 3. The van der Waals surface area contributed by atoms with E-state index in [1.54, 1.807) is 29.2 Å². The van der Waals surface area contributed by atoms with Crippen molar-refractivity contribution in [2.75, 3.05) is 24.4 Å². The van der Waals surface area contributed by atoms with Crippen molar-refractivity contribution in [3.8, 4) is 0 Å². The van der Waals surface area contributed by atoms with Crippen LogP contribution in [-0.4, -0.2) is 40.0 Å². The van der Waals surface area contributed by atoms with Crippen molar-refractivity contribution in [2.45, 2.75) is 25.8 Å². The lowest BCUT2D eigenvalue weighted by molar-refractivity contribution is -0.903. The fraction of sp³-hybridized carbons (Fsp3) is 0.318. The second kappa shape index (κ2) is 9.71. The number of quaternary nitrogens is 1. The van der Waals surface area contributed by atoms with Crippen molar-refractivity contribution < 1.29 is 18.1 Å². The molecule has 0 bridgehead atoms. The Morgan fingerprint density at radius 2 is 1.72 bits per heavy atom.